The van der Waals surface area contributed by atoms with Crippen molar-refractivity contribution in [2.24, 2.45) is 5.41 Å². The minimum atomic E-state index is -0.334. The highest BCUT2D eigenvalue weighted by Crippen LogP contribution is 2.41. The Morgan fingerprint density at radius 3 is 0.929 bits per heavy atom. The molecule has 0 atom stereocenters. The molecule has 5 aromatic rings. The molecule has 0 saturated carbocycles. The third kappa shape index (κ3) is 72.0. The van der Waals surface area contributed by atoms with Gasteiger partial charge in [0.15, 0.2) is 0 Å². The lowest BCUT2D eigenvalue weighted by molar-refractivity contribution is -0.904. The number of hydrogen-bond acceptors (Lipinski definition) is 21. The quantitative estimate of drug-likeness (QED) is 0.0109. The van der Waals surface area contributed by atoms with E-state index in [1.54, 1.807) is 21.3 Å². The van der Waals surface area contributed by atoms with E-state index in [1.165, 1.54) is 52.8 Å². The van der Waals surface area contributed by atoms with E-state index in [1.807, 2.05) is 70.2 Å². The van der Waals surface area contributed by atoms with Crippen LogP contribution in [0, 0.1) is 5.41 Å². The van der Waals surface area contributed by atoms with E-state index in [9.17, 15) is 24.0 Å². The number of aliphatic hydroxyl groups excluding tert-OH is 3. The number of rotatable bonds is 60. The number of benzene rings is 5. The molecule has 726 valence electrons. The Morgan fingerprint density at radius 1 is 0.331 bits per heavy atom. The Labute approximate surface area is 765 Å². The standard InChI is InChI=1S/C26H40NO2.C19H24NO2.C15H24NO2.C12H21NO6.C12H27NO3.C9H21NO3.C6H15NO3/c1-25(2,3)26(4,5)23-13-15-24(16-14-23)29-20-19-28-18-17-27(6,7)21-22-11-9-8-10-12-22;1-20(2,16-18-11-7-4-8-12-18)13-14-22-19(21)15-17-9-5-3-6-10-17;1-4-8-15(17)18-12-11-16(2,3)13-14-9-6-5-7-10-14;1-10(14)17-7-4-13(5-8-18-11(2)15)6-9-19-12(3)16;1-4-14-10-7-13(8-11-15-5-2)9-12-16-6-3;1-11-7-4-10(5-8-12-2)6-9-13-3;8-4-1-7(2-5-9)3-6-10/h8-16H,17-21H2,1-7H3;3-12H,13-16H2,1-2H3;5-7,9-10H,4,8,11-13H2,1-3H3;4-9H2,1-3H3;4-12H2,1-3H3;4-9H2,1-3H3;8-10H,1-6H2/q3*+1;;;;/p+4. The average Bonchev–Trinajstić information content (AvgIpc) is 0.796. The normalized spacial score (nSPS) is 11.4. The van der Waals surface area contributed by atoms with E-state index in [4.69, 9.17) is 76.9 Å². The molecule has 0 aliphatic rings. The van der Waals surface area contributed by atoms with Crippen molar-refractivity contribution in [3.8, 4) is 5.75 Å². The van der Waals surface area contributed by atoms with Crippen molar-refractivity contribution < 1.29 is 134 Å². The molecule has 5 rings (SSSR count). The monoisotopic (exact) mass is 1800 g/mol. The van der Waals surface area contributed by atoms with E-state index in [0.717, 1.165) is 186 Å². The number of carbonyl (C=O) groups is 5. The van der Waals surface area contributed by atoms with Crippen LogP contribution in [0.1, 0.15) is 124 Å². The van der Waals surface area contributed by atoms with Gasteiger partial charge in [0.05, 0.1) is 121 Å². The van der Waals surface area contributed by atoms with Crippen LogP contribution in [0.15, 0.2) is 146 Å². The van der Waals surface area contributed by atoms with Crippen molar-refractivity contribution in [2.75, 3.05) is 294 Å². The summed E-state index contributed by atoms with van der Waals surface area (Å²) in [7, 11) is 18.3. The third-order valence-corrected chi connectivity index (χ3v) is 20.8. The molecule has 127 heavy (non-hydrogen) atoms. The number of carbonyl (C=O) groups excluding carboxylic acids is 5. The van der Waals surface area contributed by atoms with E-state index in [2.05, 4.69) is 180 Å². The summed E-state index contributed by atoms with van der Waals surface area (Å²) >= 11 is 0. The van der Waals surface area contributed by atoms with Crippen LogP contribution >= 0.6 is 0 Å². The predicted octanol–water partition coefficient (Wildman–Crippen LogP) is 5.54. The largest absolute Gasteiger partial charge is 0.491 e. The highest BCUT2D eigenvalue weighted by atomic mass is 16.6. The zero-order valence-corrected chi connectivity index (χ0v) is 82.4. The van der Waals surface area contributed by atoms with Gasteiger partial charge in [0.1, 0.15) is 163 Å². The second-order valence-electron chi connectivity index (χ2n) is 34.4. The van der Waals surface area contributed by atoms with Gasteiger partial charge in [-0.25, -0.2) is 0 Å². The molecule has 0 saturated heterocycles. The summed E-state index contributed by atoms with van der Waals surface area (Å²) in [5, 5.41) is 25.5. The molecule has 0 aromatic heterocycles. The number of aliphatic hydroxyl groups is 3. The highest BCUT2D eigenvalue weighted by molar-refractivity contribution is 5.72. The van der Waals surface area contributed by atoms with Gasteiger partial charge in [-0.1, -0.05) is 175 Å². The number of ether oxygens (including phenoxy) is 13. The molecule has 0 radical (unpaired) electrons. The fraction of sp³-hybridized carbons (Fsp3) is 0.646. The van der Waals surface area contributed by atoms with Gasteiger partial charge < -0.3 is 110 Å². The summed E-state index contributed by atoms with van der Waals surface area (Å²) in [5.74, 6) is -0.344. The molecule has 0 fully saturated rings. The van der Waals surface area contributed by atoms with Gasteiger partial charge in [0.2, 0.25) is 0 Å². The molecule has 0 bridgehead atoms. The molecule has 0 amide bonds. The van der Waals surface area contributed by atoms with E-state index in [-0.39, 0.29) is 80.3 Å². The lowest BCUT2D eigenvalue weighted by Crippen LogP contribution is -3.13. The fourth-order valence-electron chi connectivity index (χ4n) is 12.2. The molecular formula is C99H176N7O21+7. The van der Waals surface area contributed by atoms with Gasteiger partial charge in [0, 0.05) is 85.0 Å². The predicted molar refractivity (Wildman–Crippen MR) is 502 cm³/mol. The van der Waals surface area contributed by atoms with Crippen LogP contribution in [0.4, 0.5) is 0 Å². The van der Waals surface area contributed by atoms with Crippen molar-refractivity contribution in [3.63, 3.8) is 0 Å². The van der Waals surface area contributed by atoms with Crippen LogP contribution in [0.25, 0.3) is 0 Å². The van der Waals surface area contributed by atoms with Crippen LogP contribution < -0.4 is 24.3 Å². The van der Waals surface area contributed by atoms with Gasteiger partial charge >= 0.3 is 29.8 Å². The van der Waals surface area contributed by atoms with Crippen molar-refractivity contribution in [3.05, 3.63) is 173 Å². The number of quaternary nitrogens is 7. The lowest BCUT2D eigenvalue weighted by atomic mass is 9.65. The second-order valence-corrected chi connectivity index (χ2v) is 34.4. The van der Waals surface area contributed by atoms with Crippen LogP contribution in [-0.2, 0) is 112 Å². The summed E-state index contributed by atoms with van der Waals surface area (Å²) in [4.78, 5) is 60.1. The van der Waals surface area contributed by atoms with Crippen LogP contribution in [0.5, 0.6) is 5.75 Å². The smallest absolute Gasteiger partial charge is 0.310 e. The van der Waals surface area contributed by atoms with Crippen LogP contribution in [0.3, 0.4) is 0 Å². The SMILES string of the molecule is CC(=O)OCC[NH+](CCOC(C)=O)CCOC(C)=O.CC(C)(C)C(C)(C)c1ccc(OCCOCC[N+](C)(C)Cc2ccccc2)cc1.CCCC(=O)OCC[N+](C)(C)Cc1ccccc1.CCOCC[NH+](CCOCC)CCOCC.COCC[NH+](CCOC)CCOC.C[N+](C)(CCOC(=O)Cc1ccccc1)Cc1ccccc1.OCC[NH+](CCO)CCO. The zero-order valence-electron chi connectivity index (χ0n) is 82.4. The first-order valence-electron chi connectivity index (χ1n) is 45.6. The number of likely N-dealkylation sites (N-methyl/N-ethyl adjacent to an activating group) is 3. The molecule has 0 aliphatic carbocycles. The van der Waals surface area contributed by atoms with Gasteiger partial charge in [-0.3, -0.25) is 24.0 Å². The number of nitrogens with one attached hydrogen (secondary N) is 4. The first-order chi connectivity index (χ1) is 60.5. The van der Waals surface area contributed by atoms with Gasteiger partial charge in [-0.2, -0.15) is 0 Å². The summed E-state index contributed by atoms with van der Waals surface area (Å²) in [6.07, 6.45) is 1.71. The van der Waals surface area contributed by atoms with Crippen LogP contribution in [0.2, 0.25) is 0 Å². The number of methoxy groups -OCH3 is 3. The van der Waals surface area contributed by atoms with Crippen molar-refractivity contribution in [1.29, 1.82) is 0 Å². The molecule has 7 N–H and O–H groups in total. The van der Waals surface area contributed by atoms with Crippen molar-refractivity contribution in [2.45, 2.75) is 127 Å². The topological polar surface area (TPSA) is 284 Å². The first-order valence-corrected chi connectivity index (χ1v) is 45.6. The summed E-state index contributed by atoms with van der Waals surface area (Å²) in [6, 6.07) is 49.6. The van der Waals surface area contributed by atoms with Crippen LogP contribution in [-0.4, -0.2) is 353 Å². The van der Waals surface area contributed by atoms with Gasteiger partial charge in [-0.05, 0) is 61.3 Å². The highest BCUT2D eigenvalue weighted by Gasteiger charge is 2.34. The number of hydrogen-bond donors (Lipinski definition) is 7. The summed E-state index contributed by atoms with van der Waals surface area (Å²) < 4.78 is 70.5. The number of esters is 5. The molecule has 0 aliphatic heterocycles. The Hall–Kier alpha value is -7.43. The molecule has 28 nitrogen and oxygen atoms in total. The average molecular weight is 1800 g/mol. The maximum absolute atomic E-state index is 11.8. The Kier molecular flexibility index (Phi) is 74.1. The fourth-order valence-corrected chi connectivity index (χ4v) is 12.2. The Morgan fingerprint density at radius 2 is 0.630 bits per heavy atom. The Bertz CT molecular complexity index is 3300. The van der Waals surface area contributed by atoms with E-state index < -0.39 is 0 Å². The summed E-state index contributed by atoms with van der Waals surface area (Å²) in [5.41, 5.74) is 6.61. The molecule has 5 aromatic carbocycles. The maximum atomic E-state index is 11.8. The van der Waals surface area contributed by atoms with E-state index in [0.29, 0.717) is 78.5 Å². The van der Waals surface area contributed by atoms with Gasteiger partial charge in [0.25, 0.3) is 0 Å². The Balaban J connectivity index is 0. The minimum absolute atomic E-state index is 0.0859. The van der Waals surface area contributed by atoms with Gasteiger partial charge in [-0.15, -0.1) is 0 Å². The lowest BCUT2D eigenvalue weighted by Gasteiger charge is -2.39. The van der Waals surface area contributed by atoms with E-state index >= 15 is 0 Å². The van der Waals surface area contributed by atoms with Crippen molar-refractivity contribution >= 4 is 29.8 Å². The molecular weight excluding hydrogens is 1620 g/mol. The maximum Gasteiger partial charge on any atom is 0.310 e. The third-order valence-electron chi connectivity index (χ3n) is 20.8. The number of nitrogens with zero attached hydrogens (tertiary/aromatic N) is 3. The molecule has 0 unspecified atom stereocenters. The summed E-state index contributed by atoms with van der Waals surface area (Å²) in [6.45, 7) is 50.0. The zero-order chi connectivity index (χ0) is 95.3. The molecule has 0 heterocycles. The first kappa shape index (κ1) is 122. The molecule has 28 heteroatoms. The van der Waals surface area contributed by atoms with Crippen molar-refractivity contribution in [1.82, 2.24) is 0 Å². The minimum Gasteiger partial charge on any atom is -0.491 e. The molecule has 0 spiro atoms. The second kappa shape index (κ2) is 77.3.